The fourth-order valence-electron chi connectivity index (χ4n) is 4.59. The van der Waals surface area contributed by atoms with E-state index >= 15 is 0 Å². The first kappa shape index (κ1) is 17.1. The Morgan fingerprint density at radius 3 is 2.42 bits per heavy atom. The van der Waals surface area contributed by atoms with E-state index in [9.17, 15) is 20.1 Å². The number of aromatic hydroxyl groups is 1. The summed E-state index contributed by atoms with van der Waals surface area (Å²) in [6, 6.07) is 1.53. The van der Waals surface area contributed by atoms with Crippen LogP contribution < -0.4 is 4.74 Å². The number of carboxylic acids is 1. The van der Waals surface area contributed by atoms with Gasteiger partial charge in [0.25, 0.3) is 0 Å². The summed E-state index contributed by atoms with van der Waals surface area (Å²) >= 11 is 0. The van der Waals surface area contributed by atoms with Gasteiger partial charge in [0.1, 0.15) is 0 Å². The fourth-order valence-corrected chi connectivity index (χ4v) is 4.59. The van der Waals surface area contributed by atoms with Crippen LogP contribution >= 0.6 is 0 Å². The maximum Gasteiger partial charge on any atom is 0.336 e. The third kappa shape index (κ3) is 1.88. The van der Waals surface area contributed by atoms with Gasteiger partial charge < -0.3 is 20.1 Å². The Morgan fingerprint density at radius 2 is 1.88 bits per heavy atom. The third-order valence-electron chi connectivity index (χ3n) is 6.08. The van der Waals surface area contributed by atoms with Crippen LogP contribution in [0.1, 0.15) is 81.3 Å². The van der Waals surface area contributed by atoms with Crippen molar-refractivity contribution in [2.24, 2.45) is 5.41 Å². The molecule has 132 valence electrons. The minimum atomic E-state index is -1.54. The second-order valence-electron chi connectivity index (χ2n) is 8.34. The molecule has 0 bridgehead atoms. The monoisotopic (exact) mass is 334 g/mol. The molecule has 2 aliphatic rings. The van der Waals surface area contributed by atoms with Crippen LogP contribution in [0.3, 0.4) is 0 Å². The van der Waals surface area contributed by atoms with Crippen molar-refractivity contribution in [3.63, 3.8) is 0 Å². The van der Waals surface area contributed by atoms with Crippen LogP contribution in [0.25, 0.3) is 0 Å². The van der Waals surface area contributed by atoms with Crippen molar-refractivity contribution < 1.29 is 24.9 Å². The number of carbonyl (C=O) groups is 1. The van der Waals surface area contributed by atoms with Gasteiger partial charge in [-0.25, -0.2) is 4.79 Å². The number of rotatable bonds is 2. The van der Waals surface area contributed by atoms with Crippen molar-refractivity contribution in [1.82, 2.24) is 0 Å². The number of aromatic carboxylic acids is 1. The molecule has 0 radical (unpaired) electrons. The van der Waals surface area contributed by atoms with E-state index < -0.39 is 22.6 Å². The average Bonchev–Trinajstić information content (AvgIpc) is 2.70. The second kappa shape index (κ2) is 4.88. The highest BCUT2D eigenvalue weighted by Gasteiger charge is 2.67. The van der Waals surface area contributed by atoms with Crippen molar-refractivity contribution in [3.05, 3.63) is 22.8 Å². The fraction of sp³-hybridized carbons (Fsp3) is 0.632. The summed E-state index contributed by atoms with van der Waals surface area (Å²) in [4.78, 5) is 11.9. The first-order valence-electron chi connectivity index (χ1n) is 8.51. The topological polar surface area (TPSA) is 87.0 Å². The summed E-state index contributed by atoms with van der Waals surface area (Å²) in [6.07, 6.45) is 2.24. The lowest BCUT2D eigenvalue weighted by Crippen LogP contribution is -2.62. The molecule has 2 atom stereocenters. The van der Waals surface area contributed by atoms with Crippen molar-refractivity contribution in [3.8, 4) is 11.5 Å². The predicted molar refractivity (Wildman–Crippen MR) is 89.7 cm³/mol. The zero-order valence-corrected chi connectivity index (χ0v) is 14.9. The molecule has 5 nitrogen and oxygen atoms in total. The summed E-state index contributed by atoms with van der Waals surface area (Å²) in [7, 11) is 0. The van der Waals surface area contributed by atoms with Crippen LogP contribution in [-0.2, 0) is 5.41 Å². The molecule has 3 N–H and O–H groups in total. The van der Waals surface area contributed by atoms with Crippen molar-refractivity contribution >= 4 is 5.97 Å². The van der Waals surface area contributed by atoms with Gasteiger partial charge in [0.15, 0.2) is 11.5 Å². The molecular formula is C19H26O5. The number of hydrogen-bond donors (Lipinski definition) is 3. The molecule has 5 heteroatoms. The lowest BCUT2D eigenvalue weighted by molar-refractivity contribution is -0.257. The van der Waals surface area contributed by atoms with Crippen LogP contribution in [0, 0.1) is 5.41 Å². The van der Waals surface area contributed by atoms with Crippen molar-refractivity contribution in [2.45, 2.75) is 71.0 Å². The zero-order chi connectivity index (χ0) is 18.1. The molecule has 1 aromatic carbocycles. The number of aliphatic hydroxyl groups is 1. The van der Waals surface area contributed by atoms with E-state index in [2.05, 4.69) is 0 Å². The molecule has 1 aliphatic heterocycles. The Morgan fingerprint density at radius 1 is 1.25 bits per heavy atom. The van der Waals surface area contributed by atoms with Gasteiger partial charge in [-0.2, -0.15) is 0 Å². The number of phenolic OH excluding ortho intramolecular Hbond substituents is 1. The van der Waals surface area contributed by atoms with Gasteiger partial charge in [0, 0.05) is 16.5 Å². The van der Waals surface area contributed by atoms with Gasteiger partial charge in [0.2, 0.25) is 5.79 Å². The largest absolute Gasteiger partial charge is 0.504 e. The average molecular weight is 334 g/mol. The molecule has 24 heavy (non-hydrogen) atoms. The van der Waals surface area contributed by atoms with Gasteiger partial charge in [0.05, 0.1) is 11.0 Å². The Bertz CT molecular complexity index is 721. The minimum absolute atomic E-state index is 0.0511. The maximum atomic E-state index is 11.9. The molecule has 0 amide bonds. The van der Waals surface area contributed by atoms with Crippen molar-refractivity contribution in [1.29, 1.82) is 0 Å². The summed E-state index contributed by atoms with van der Waals surface area (Å²) < 4.78 is 5.97. The van der Waals surface area contributed by atoms with Crippen LogP contribution in [-0.4, -0.2) is 27.1 Å². The van der Waals surface area contributed by atoms with Gasteiger partial charge in [-0.3, -0.25) is 0 Å². The highest BCUT2D eigenvalue weighted by molar-refractivity contribution is 5.92. The molecule has 3 rings (SSSR count). The Kier molecular flexibility index (Phi) is 3.48. The van der Waals surface area contributed by atoms with Crippen LogP contribution in [0.2, 0.25) is 0 Å². The van der Waals surface area contributed by atoms with Crippen LogP contribution in [0.5, 0.6) is 11.5 Å². The van der Waals surface area contributed by atoms with Crippen molar-refractivity contribution in [2.75, 3.05) is 0 Å². The lowest BCUT2D eigenvalue weighted by Gasteiger charge is -2.52. The van der Waals surface area contributed by atoms with Crippen LogP contribution in [0.4, 0.5) is 0 Å². The molecule has 1 fully saturated rings. The van der Waals surface area contributed by atoms with Crippen LogP contribution in [0.15, 0.2) is 6.07 Å². The molecule has 0 unspecified atom stereocenters. The Balaban J connectivity index is 2.36. The molecule has 0 saturated heterocycles. The van der Waals surface area contributed by atoms with E-state index in [1.54, 1.807) is 0 Å². The molecule has 0 spiro atoms. The number of fused-ring (bicyclic) bond motifs is 3. The molecule has 1 saturated carbocycles. The van der Waals surface area contributed by atoms with Gasteiger partial charge in [-0.15, -0.1) is 0 Å². The summed E-state index contributed by atoms with van der Waals surface area (Å²) in [5, 5.41) is 31.9. The van der Waals surface area contributed by atoms with E-state index in [0.717, 1.165) is 12.8 Å². The van der Waals surface area contributed by atoms with Gasteiger partial charge in [-0.1, -0.05) is 34.1 Å². The number of ether oxygens (including phenoxy) is 1. The molecule has 1 aromatic rings. The second-order valence-corrected chi connectivity index (χ2v) is 8.34. The summed E-state index contributed by atoms with van der Waals surface area (Å²) in [6.45, 7) is 9.47. The van der Waals surface area contributed by atoms with E-state index in [1.165, 1.54) is 6.07 Å². The number of phenols is 1. The van der Waals surface area contributed by atoms with E-state index in [-0.39, 0.29) is 23.0 Å². The summed E-state index contributed by atoms with van der Waals surface area (Å²) in [5.41, 5.74) is -0.367. The third-order valence-corrected chi connectivity index (χ3v) is 6.08. The molecule has 1 heterocycles. The standard InChI is InChI=1S/C19H26O5/c1-10(2)11-9-12(16(21)22)13-15(14(11)20)24-19(23)17(3,4)7-6-8-18(13,19)5/h9-10,20,23H,6-8H2,1-5H3,(H,21,22)/t18-,19-/m1/s1. The predicted octanol–water partition coefficient (Wildman–Crippen LogP) is 3.76. The first-order valence-corrected chi connectivity index (χ1v) is 8.51. The SMILES string of the molecule is CC(C)c1cc(C(=O)O)c2c(c1O)O[C@]1(O)C(C)(C)CCC[C@]21C. The Hall–Kier alpha value is -1.75. The van der Waals surface area contributed by atoms with E-state index in [0.29, 0.717) is 17.5 Å². The van der Waals surface area contributed by atoms with Gasteiger partial charge in [-0.05, 0) is 31.7 Å². The number of benzene rings is 1. The zero-order valence-electron chi connectivity index (χ0n) is 14.9. The normalized spacial score (nSPS) is 30.6. The molecule has 1 aliphatic carbocycles. The minimum Gasteiger partial charge on any atom is -0.504 e. The molecular weight excluding hydrogens is 308 g/mol. The summed E-state index contributed by atoms with van der Waals surface area (Å²) in [5.74, 6) is -2.58. The highest BCUT2D eigenvalue weighted by Crippen LogP contribution is 2.64. The highest BCUT2D eigenvalue weighted by atomic mass is 16.6. The maximum absolute atomic E-state index is 11.9. The first-order chi connectivity index (χ1) is 11.0. The van der Waals surface area contributed by atoms with Gasteiger partial charge >= 0.3 is 5.97 Å². The van der Waals surface area contributed by atoms with E-state index in [4.69, 9.17) is 4.74 Å². The number of hydrogen-bond acceptors (Lipinski definition) is 4. The smallest absolute Gasteiger partial charge is 0.336 e. The molecule has 0 aromatic heterocycles. The lowest BCUT2D eigenvalue weighted by atomic mass is 9.57. The van der Waals surface area contributed by atoms with E-state index in [1.807, 2.05) is 34.6 Å². The number of carboxylic acid groups (broad SMARTS) is 1. The quantitative estimate of drug-likeness (QED) is 0.766. The Labute approximate surface area is 142 Å².